The van der Waals surface area contributed by atoms with Gasteiger partial charge < -0.3 is 11.1 Å². The summed E-state index contributed by atoms with van der Waals surface area (Å²) in [5, 5.41) is 7.12. The van der Waals surface area contributed by atoms with Crippen LogP contribution in [0.25, 0.3) is 0 Å². The summed E-state index contributed by atoms with van der Waals surface area (Å²) in [5.74, 6) is 0.665. The molecule has 0 spiro atoms. The fraction of sp³-hybridized carbons (Fsp3) is 0.412. The molecule has 0 aliphatic heterocycles. The Morgan fingerprint density at radius 1 is 1.30 bits per heavy atom. The first-order valence-electron chi connectivity index (χ1n) is 7.85. The zero-order valence-corrected chi connectivity index (χ0v) is 13.8. The van der Waals surface area contributed by atoms with Gasteiger partial charge in [0.05, 0.1) is 12.2 Å². The van der Waals surface area contributed by atoms with Gasteiger partial charge in [-0.1, -0.05) is 30.3 Å². The maximum absolute atomic E-state index is 12.2. The number of aromatic nitrogens is 2. The fourth-order valence-corrected chi connectivity index (χ4v) is 2.50. The first-order valence-corrected chi connectivity index (χ1v) is 7.85. The summed E-state index contributed by atoms with van der Waals surface area (Å²) in [6, 6.07) is 12.1. The molecule has 124 valence electrons. The molecule has 0 radical (unpaired) electrons. The maximum atomic E-state index is 12.2. The van der Waals surface area contributed by atoms with E-state index in [0.717, 1.165) is 18.7 Å². The van der Waals surface area contributed by atoms with Crippen molar-refractivity contribution < 1.29 is 4.79 Å². The molecule has 1 aromatic carbocycles. The monoisotopic (exact) mass is 315 g/mol. The molecule has 0 fully saturated rings. The topological polar surface area (TPSA) is 76.2 Å². The average molecular weight is 315 g/mol. The van der Waals surface area contributed by atoms with Gasteiger partial charge in [-0.25, -0.2) is 0 Å². The van der Waals surface area contributed by atoms with E-state index in [1.165, 1.54) is 5.56 Å². The minimum absolute atomic E-state index is 0.0467. The SMILES string of the molecule is Cc1cc(NC(=O)CN(CCN)CCc2ccccc2)n(C)n1. The number of nitrogens with zero attached hydrogens (tertiary/aromatic N) is 3. The summed E-state index contributed by atoms with van der Waals surface area (Å²) in [5.41, 5.74) is 7.81. The molecule has 1 aromatic heterocycles. The molecule has 0 saturated carbocycles. The second-order valence-corrected chi connectivity index (χ2v) is 5.64. The Bertz CT molecular complexity index is 623. The number of nitrogens with one attached hydrogen (secondary N) is 1. The van der Waals surface area contributed by atoms with Gasteiger partial charge in [-0.3, -0.25) is 14.4 Å². The van der Waals surface area contributed by atoms with Crippen molar-refractivity contribution in [2.75, 3.05) is 31.5 Å². The van der Waals surface area contributed by atoms with Crippen LogP contribution in [0.2, 0.25) is 0 Å². The number of amides is 1. The van der Waals surface area contributed by atoms with Crippen LogP contribution >= 0.6 is 0 Å². The minimum atomic E-state index is -0.0467. The van der Waals surface area contributed by atoms with Crippen molar-refractivity contribution in [3.05, 3.63) is 47.7 Å². The van der Waals surface area contributed by atoms with Crippen molar-refractivity contribution in [3.8, 4) is 0 Å². The van der Waals surface area contributed by atoms with Gasteiger partial charge in [0, 0.05) is 32.7 Å². The molecule has 1 amide bonds. The summed E-state index contributed by atoms with van der Waals surface area (Å²) in [4.78, 5) is 14.3. The van der Waals surface area contributed by atoms with E-state index >= 15 is 0 Å². The zero-order chi connectivity index (χ0) is 16.7. The molecule has 6 nitrogen and oxygen atoms in total. The molecule has 2 aromatic rings. The smallest absolute Gasteiger partial charge is 0.239 e. The second-order valence-electron chi connectivity index (χ2n) is 5.64. The molecule has 23 heavy (non-hydrogen) atoms. The van der Waals surface area contributed by atoms with Crippen LogP contribution in [0.15, 0.2) is 36.4 Å². The van der Waals surface area contributed by atoms with E-state index < -0.39 is 0 Å². The number of rotatable bonds is 8. The van der Waals surface area contributed by atoms with Gasteiger partial charge in [-0.05, 0) is 18.9 Å². The van der Waals surface area contributed by atoms with Gasteiger partial charge in [0.25, 0.3) is 0 Å². The Labute approximate surface area is 137 Å². The highest BCUT2D eigenvalue weighted by atomic mass is 16.2. The number of nitrogens with two attached hydrogens (primary N) is 1. The van der Waals surface area contributed by atoms with Gasteiger partial charge in [0.1, 0.15) is 5.82 Å². The van der Waals surface area contributed by atoms with Gasteiger partial charge in [0.2, 0.25) is 5.91 Å². The number of hydrogen-bond donors (Lipinski definition) is 2. The molecular weight excluding hydrogens is 290 g/mol. The van der Waals surface area contributed by atoms with Crippen molar-refractivity contribution in [3.63, 3.8) is 0 Å². The Morgan fingerprint density at radius 3 is 2.65 bits per heavy atom. The summed E-state index contributed by atoms with van der Waals surface area (Å²) in [6.45, 7) is 4.26. The van der Waals surface area contributed by atoms with Crippen LogP contribution < -0.4 is 11.1 Å². The Balaban J connectivity index is 1.87. The summed E-state index contributed by atoms with van der Waals surface area (Å²) < 4.78 is 1.67. The van der Waals surface area contributed by atoms with E-state index in [9.17, 15) is 4.79 Å². The molecule has 0 aliphatic carbocycles. The fourth-order valence-electron chi connectivity index (χ4n) is 2.50. The number of hydrogen-bond acceptors (Lipinski definition) is 4. The summed E-state index contributed by atoms with van der Waals surface area (Å²) in [6.07, 6.45) is 0.902. The molecule has 6 heteroatoms. The van der Waals surface area contributed by atoms with E-state index in [4.69, 9.17) is 5.73 Å². The van der Waals surface area contributed by atoms with Crippen LogP contribution in [-0.2, 0) is 18.3 Å². The summed E-state index contributed by atoms with van der Waals surface area (Å²) >= 11 is 0. The van der Waals surface area contributed by atoms with E-state index in [2.05, 4.69) is 27.4 Å². The van der Waals surface area contributed by atoms with Crippen molar-refractivity contribution in [2.24, 2.45) is 12.8 Å². The van der Waals surface area contributed by atoms with Gasteiger partial charge in [-0.2, -0.15) is 5.10 Å². The molecule has 0 saturated heterocycles. The summed E-state index contributed by atoms with van der Waals surface area (Å²) in [7, 11) is 1.82. The van der Waals surface area contributed by atoms with E-state index in [1.807, 2.05) is 38.2 Å². The van der Waals surface area contributed by atoms with Gasteiger partial charge in [-0.15, -0.1) is 0 Å². The molecule has 0 bridgehead atoms. The van der Waals surface area contributed by atoms with E-state index in [0.29, 0.717) is 25.5 Å². The average Bonchev–Trinajstić information content (AvgIpc) is 2.83. The first kappa shape index (κ1) is 17.2. The molecular formula is C17H25N5O. The highest BCUT2D eigenvalue weighted by molar-refractivity contribution is 5.91. The number of carbonyl (C=O) groups excluding carboxylic acids is 1. The lowest BCUT2D eigenvalue weighted by molar-refractivity contribution is -0.117. The normalized spacial score (nSPS) is 11.0. The molecule has 3 N–H and O–H groups in total. The van der Waals surface area contributed by atoms with Gasteiger partial charge in [0.15, 0.2) is 0 Å². The predicted octanol–water partition coefficient (Wildman–Crippen LogP) is 1.17. The highest BCUT2D eigenvalue weighted by Gasteiger charge is 2.12. The zero-order valence-electron chi connectivity index (χ0n) is 13.8. The van der Waals surface area contributed by atoms with Crippen LogP contribution in [0.4, 0.5) is 5.82 Å². The number of benzene rings is 1. The number of aryl methyl sites for hydroxylation is 2. The van der Waals surface area contributed by atoms with E-state index in [-0.39, 0.29) is 5.91 Å². The van der Waals surface area contributed by atoms with Crippen molar-refractivity contribution in [1.82, 2.24) is 14.7 Å². The second kappa shape index (κ2) is 8.45. The Kier molecular flexibility index (Phi) is 6.31. The third kappa shape index (κ3) is 5.50. The predicted molar refractivity (Wildman–Crippen MR) is 92.2 cm³/mol. The van der Waals surface area contributed by atoms with Crippen LogP contribution in [0.3, 0.4) is 0 Å². The van der Waals surface area contributed by atoms with Crippen LogP contribution in [-0.4, -0.2) is 46.8 Å². The standard InChI is InChI=1S/C17H25N5O/c1-14-12-16(21(2)20-14)19-17(23)13-22(11-9-18)10-8-15-6-4-3-5-7-15/h3-7,12H,8-11,13,18H2,1-2H3,(H,19,23). The van der Waals surface area contributed by atoms with Crippen molar-refractivity contribution in [2.45, 2.75) is 13.3 Å². The maximum Gasteiger partial charge on any atom is 0.239 e. The third-order valence-electron chi connectivity index (χ3n) is 3.64. The first-order chi connectivity index (χ1) is 11.1. The quantitative estimate of drug-likeness (QED) is 0.767. The van der Waals surface area contributed by atoms with Crippen LogP contribution in [0.5, 0.6) is 0 Å². The molecule has 1 heterocycles. The number of carbonyl (C=O) groups is 1. The van der Waals surface area contributed by atoms with E-state index in [1.54, 1.807) is 4.68 Å². The molecule has 0 unspecified atom stereocenters. The molecule has 2 rings (SSSR count). The highest BCUT2D eigenvalue weighted by Crippen LogP contribution is 2.08. The third-order valence-corrected chi connectivity index (χ3v) is 3.64. The lowest BCUT2D eigenvalue weighted by Gasteiger charge is -2.21. The van der Waals surface area contributed by atoms with Crippen molar-refractivity contribution >= 4 is 11.7 Å². The minimum Gasteiger partial charge on any atom is -0.329 e. The lowest BCUT2D eigenvalue weighted by Crippen LogP contribution is -2.38. The van der Waals surface area contributed by atoms with Crippen LogP contribution in [0, 0.1) is 6.92 Å². The molecule has 0 aliphatic rings. The lowest BCUT2D eigenvalue weighted by atomic mass is 10.1. The molecule has 0 atom stereocenters. The number of anilines is 1. The van der Waals surface area contributed by atoms with Gasteiger partial charge >= 0.3 is 0 Å². The Morgan fingerprint density at radius 2 is 2.04 bits per heavy atom. The van der Waals surface area contributed by atoms with Crippen LogP contribution in [0.1, 0.15) is 11.3 Å². The largest absolute Gasteiger partial charge is 0.329 e. The van der Waals surface area contributed by atoms with Crippen molar-refractivity contribution in [1.29, 1.82) is 0 Å². The Hall–Kier alpha value is -2.18.